The van der Waals surface area contributed by atoms with Crippen molar-refractivity contribution >= 4 is 22.8 Å². The minimum Gasteiger partial charge on any atom is -0.508 e. The van der Waals surface area contributed by atoms with E-state index < -0.39 is 0 Å². The summed E-state index contributed by atoms with van der Waals surface area (Å²) >= 11 is 1.69. The lowest BCUT2D eigenvalue weighted by Gasteiger charge is -2.12. The lowest BCUT2D eigenvalue weighted by atomic mass is 10.0. The number of phenolic OH excluding ortho intramolecular Hbond substituents is 1. The summed E-state index contributed by atoms with van der Waals surface area (Å²) < 4.78 is 5.61. The molecule has 4 rings (SSSR count). The van der Waals surface area contributed by atoms with Crippen molar-refractivity contribution in [1.82, 2.24) is 9.97 Å². The molecule has 0 bridgehead atoms. The summed E-state index contributed by atoms with van der Waals surface area (Å²) in [6.07, 6.45) is 5.85. The fourth-order valence-electron chi connectivity index (χ4n) is 3.17. The van der Waals surface area contributed by atoms with E-state index in [1.54, 1.807) is 31.0 Å². The monoisotopic (exact) mass is 392 g/mol. The van der Waals surface area contributed by atoms with Gasteiger partial charge in [-0.05, 0) is 42.2 Å². The van der Waals surface area contributed by atoms with Crippen LogP contribution in [0, 0.1) is 0 Å². The van der Waals surface area contributed by atoms with Crippen LogP contribution in [0.1, 0.15) is 13.8 Å². The average molecular weight is 393 g/mol. The molecule has 4 nitrogen and oxygen atoms in total. The highest BCUT2D eigenvalue weighted by atomic mass is 32.2. The maximum Gasteiger partial charge on any atom is 0.137 e. The minimum absolute atomic E-state index is 0.242. The molecule has 0 fully saturated rings. The molecule has 144 valence electrons. The molecule has 2 aromatic carbocycles. The Balaban J connectivity index is 0.00000109. The van der Waals surface area contributed by atoms with Crippen molar-refractivity contribution in [2.24, 2.45) is 0 Å². The molecule has 2 heterocycles. The third kappa shape index (κ3) is 3.71. The van der Waals surface area contributed by atoms with E-state index in [1.807, 2.05) is 50.5 Å². The Labute approximate surface area is 169 Å². The van der Waals surface area contributed by atoms with Crippen LogP contribution in [0.15, 0.2) is 65.8 Å². The molecule has 0 saturated heterocycles. The number of phenols is 1. The van der Waals surface area contributed by atoms with Crippen LogP contribution in [0.5, 0.6) is 11.5 Å². The number of rotatable bonds is 4. The fraction of sp³-hybridized carbons (Fsp3) is 0.174. The first kappa shape index (κ1) is 19.8. The van der Waals surface area contributed by atoms with Gasteiger partial charge in [0.1, 0.15) is 17.1 Å². The molecule has 0 aliphatic rings. The SMILES string of the molecule is CC.COc1cccc(SC)c1-c1c[nH]c2ncc(-c3cccc(O)c3)cc12. The second kappa shape index (κ2) is 8.85. The number of nitrogens with one attached hydrogen (secondary N) is 1. The first-order valence-electron chi connectivity index (χ1n) is 9.19. The molecule has 0 radical (unpaired) electrons. The standard InChI is InChI=1S/C21H18N2O2S.C2H6/c1-25-18-7-4-8-19(26-2)20(18)17-12-23-21-16(17)10-14(11-22-21)13-5-3-6-15(24)9-13;1-2/h3-12,24H,1-2H3,(H,22,23);1-2H3. The number of nitrogens with zero attached hydrogens (tertiary/aromatic N) is 1. The lowest BCUT2D eigenvalue weighted by Crippen LogP contribution is -1.90. The summed E-state index contributed by atoms with van der Waals surface area (Å²) in [5.41, 5.74) is 4.81. The van der Waals surface area contributed by atoms with Crippen LogP contribution in [0.3, 0.4) is 0 Å². The maximum atomic E-state index is 9.77. The summed E-state index contributed by atoms with van der Waals surface area (Å²) in [5, 5.41) is 10.8. The van der Waals surface area contributed by atoms with E-state index in [9.17, 15) is 5.11 Å². The third-order valence-corrected chi connectivity index (χ3v) is 5.19. The van der Waals surface area contributed by atoms with Gasteiger partial charge in [-0.15, -0.1) is 11.8 Å². The molecule has 0 saturated carbocycles. The molecule has 5 heteroatoms. The Morgan fingerprint density at radius 2 is 1.82 bits per heavy atom. The van der Waals surface area contributed by atoms with Gasteiger partial charge in [-0.2, -0.15) is 0 Å². The van der Waals surface area contributed by atoms with Gasteiger partial charge in [0.15, 0.2) is 0 Å². The van der Waals surface area contributed by atoms with Crippen molar-refractivity contribution in [3.05, 3.63) is 60.9 Å². The number of hydrogen-bond donors (Lipinski definition) is 2. The molecule has 4 aromatic rings. The van der Waals surface area contributed by atoms with Crippen molar-refractivity contribution in [2.45, 2.75) is 18.7 Å². The van der Waals surface area contributed by atoms with Crippen LogP contribution >= 0.6 is 11.8 Å². The second-order valence-electron chi connectivity index (χ2n) is 5.91. The van der Waals surface area contributed by atoms with Gasteiger partial charge < -0.3 is 14.8 Å². The summed E-state index contributed by atoms with van der Waals surface area (Å²) in [6, 6.07) is 15.4. The molecule has 0 amide bonds. The number of aromatic hydroxyl groups is 1. The summed E-state index contributed by atoms with van der Waals surface area (Å²) in [5.74, 6) is 1.08. The van der Waals surface area contributed by atoms with Gasteiger partial charge in [0.05, 0.1) is 7.11 Å². The number of aromatic amines is 1. The van der Waals surface area contributed by atoms with Crippen LogP contribution in [0.25, 0.3) is 33.3 Å². The Kier molecular flexibility index (Phi) is 6.26. The van der Waals surface area contributed by atoms with E-state index in [0.717, 1.165) is 43.9 Å². The predicted molar refractivity (Wildman–Crippen MR) is 118 cm³/mol. The second-order valence-corrected chi connectivity index (χ2v) is 6.76. The third-order valence-electron chi connectivity index (χ3n) is 4.41. The number of methoxy groups -OCH3 is 1. The highest BCUT2D eigenvalue weighted by Crippen LogP contribution is 2.41. The largest absolute Gasteiger partial charge is 0.508 e. The molecule has 0 atom stereocenters. The quantitative estimate of drug-likeness (QED) is 0.397. The number of ether oxygens (including phenoxy) is 1. The van der Waals surface area contributed by atoms with E-state index in [4.69, 9.17) is 4.74 Å². The smallest absolute Gasteiger partial charge is 0.137 e. The molecule has 0 unspecified atom stereocenters. The minimum atomic E-state index is 0.242. The van der Waals surface area contributed by atoms with E-state index in [-0.39, 0.29) is 5.75 Å². The van der Waals surface area contributed by atoms with E-state index >= 15 is 0 Å². The number of pyridine rings is 1. The highest BCUT2D eigenvalue weighted by Gasteiger charge is 2.16. The van der Waals surface area contributed by atoms with Gasteiger partial charge in [-0.1, -0.05) is 32.0 Å². The van der Waals surface area contributed by atoms with Gasteiger partial charge in [0.25, 0.3) is 0 Å². The lowest BCUT2D eigenvalue weighted by molar-refractivity contribution is 0.415. The Morgan fingerprint density at radius 1 is 1.04 bits per heavy atom. The molecule has 0 aliphatic heterocycles. The number of H-pyrrole nitrogens is 1. The van der Waals surface area contributed by atoms with Crippen LogP contribution in [-0.2, 0) is 0 Å². The average Bonchev–Trinajstić information content (AvgIpc) is 3.17. The Bertz CT molecular complexity index is 1070. The Hall–Kier alpha value is -2.92. The highest BCUT2D eigenvalue weighted by molar-refractivity contribution is 7.98. The fourth-order valence-corrected chi connectivity index (χ4v) is 3.80. The molecule has 2 aromatic heterocycles. The van der Waals surface area contributed by atoms with E-state index in [0.29, 0.717) is 0 Å². The predicted octanol–water partition coefficient (Wildman–Crippen LogP) is 6.36. The van der Waals surface area contributed by atoms with Crippen LogP contribution in [0.2, 0.25) is 0 Å². The van der Waals surface area contributed by atoms with Crippen LogP contribution in [-0.4, -0.2) is 28.4 Å². The van der Waals surface area contributed by atoms with Gasteiger partial charge in [-0.3, -0.25) is 0 Å². The number of aromatic nitrogens is 2. The number of thioether (sulfide) groups is 1. The van der Waals surface area contributed by atoms with Crippen LogP contribution in [0.4, 0.5) is 0 Å². The molecular weight excluding hydrogens is 368 g/mol. The first-order chi connectivity index (χ1) is 13.7. The molecule has 2 N–H and O–H groups in total. The number of hydrogen-bond acceptors (Lipinski definition) is 4. The van der Waals surface area contributed by atoms with Crippen molar-refractivity contribution in [2.75, 3.05) is 13.4 Å². The van der Waals surface area contributed by atoms with E-state index in [2.05, 4.69) is 28.4 Å². The molecule has 0 spiro atoms. The van der Waals surface area contributed by atoms with Gasteiger partial charge >= 0.3 is 0 Å². The van der Waals surface area contributed by atoms with E-state index in [1.165, 1.54) is 0 Å². The van der Waals surface area contributed by atoms with Gasteiger partial charge in [-0.25, -0.2) is 4.98 Å². The van der Waals surface area contributed by atoms with Crippen molar-refractivity contribution in [3.8, 4) is 33.8 Å². The van der Waals surface area contributed by atoms with Crippen molar-refractivity contribution < 1.29 is 9.84 Å². The molecular formula is C23H24N2O2S. The molecule has 0 aliphatic carbocycles. The topological polar surface area (TPSA) is 58.1 Å². The Morgan fingerprint density at radius 3 is 2.54 bits per heavy atom. The van der Waals surface area contributed by atoms with Gasteiger partial charge in [0, 0.05) is 39.4 Å². The summed E-state index contributed by atoms with van der Waals surface area (Å²) in [6.45, 7) is 4.00. The zero-order chi connectivity index (χ0) is 20.1. The maximum absolute atomic E-state index is 9.77. The number of fused-ring (bicyclic) bond motifs is 1. The zero-order valence-electron chi connectivity index (χ0n) is 16.5. The molecule has 28 heavy (non-hydrogen) atoms. The van der Waals surface area contributed by atoms with Crippen LogP contribution < -0.4 is 4.74 Å². The zero-order valence-corrected chi connectivity index (χ0v) is 17.3. The summed E-state index contributed by atoms with van der Waals surface area (Å²) in [4.78, 5) is 8.96. The van der Waals surface area contributed by atoms with Crippen molar-refractivity contribution in [3.63, 3.8) is 0 Å². The summed E-state index contributed by atoms with van der Waals surface area (Å²) in [7, 11) is 1.69. The van der Waals surface area contributed by atoms with Gasteiger partial charge in [0.2, 0.25) is 0 Å². The number of benzene rings is 2. The first-order valence-corrected chi connectivity index (χ1v) is 10.4. The van der Waals surface area contributed by atoms with Crippen molar-refractivity contribution in [1.29, 1.82) is 0 Å². The normalized spacial score (nSPS) is 10.4.